The second-order valence-electron chi connectivity index (χ2n) is 7.29. The van der Waals surface area contributed by atoms with Crippen LogP contribution in [0.2, 0.25) is 0 Å². The molecule has 5 rings (SSSR count). The first kappa shape index (κ1) is 21.0. The van der Waals surface area contributed by atoms with Crippen molar-refractivity contribution in [3.05, 3.63) is 66.5 Å². The Kier molecular flexibility index (Phi) is 5.70. The van der Waals surface area contributed by atoms with Gasteiger partial charge in [-0.25, -0.2) is 4.98 Å². The lowest BCUT2D eigenvalue weighted by Crippen LogP contribution is -2.46. The number of hydrogen-bond acceptors (Lipinski definition) is 8. The molecule has 0 fully saturated rings. The van der Waals surface area contributed by atoms with Gasteiger partial charge in [0.05, 0.1) is 20.8 Å². The summed E-state index contributed by atoms with van der Waals surface area (Å²) >= 11 is 1.36. The number of amides is 1. The lowest BCUT2D eigenvalue weighted by atomic mass is 10.2. The van der Waals surface area contributed by atoms with Crippen LogP contribution in [0.1, 0.15) is 5.56 Å². The molecule has 1 atom stereocenters. The summed E-state index contributed by atoms with van der Waals surface area (Å²) in [5.41, 5.74) is 1.49. The standard InChI is InChI=1S/C24H21N3O5S/c1-29-18-9-10-19(30-2)22-21(18)26-24(33-22)27(13-15-6-5-11-25-12-15)23(28)20-14-31-16-7-3-4-8-17(16)32-20/h3-12,20H,13-14H2,1-2H3/t20-/m1/s1. The van der Waals surface area contributed by atoms with Crippen LogP contribution in [0.25, 0.3) is 10.2 Å². The zero-order chi connectivity index (χ0) is 22.8. The van der Waals surface area contributed by atoms with E-state index in [1.54, 1.807) is 43.6 Å². The van der Waals surface area contributed by atoms with Crippen LogP contribution in [0.3, 0.4) is 0 Å². The second-order valence-corrected chi connectivity index (χ2v) is 8.27. The van der Waals surface area contributed by atoms with Crippen molar-refractivity contribution in [3.63, 3.8) is 0 Å². The molecule has 0 unspecified atom stereocenters. The highest BCUT2D eigenvalue weighted by molar-refractivity contribution is 7.22. The maximum Gasteiger partial charge on any atom is 0.273 e. The van der Waals surface area contributed by atoms with Crippen LogP contribution in [0, 0.1) is 0 Å². The van der Waals surface area contributed by atoms with Crippen molar-refractivity contribution >= 4 is 32.6 Å². The number of carbonyl (C=O) groups excluding carboxylic acids is 1. The number of rotatable bonds is 6. The third kappa shape index (κ3) is 4.03. The molecule has 2 aromatic heterocycles. The number of benzene rings is 2. The first-order valence-corrected chi connectivity index (χ1v) is 11.1. The lowest BCUT2D eigenvalue weighted by Gasteiger charge is -2.29. The highest BCUT2D eigenvalue weighted by atomic mass is 32.1. The van der Waals surface area contributed by atoms with Gasteiger partial charge in [-0.1, -0.05) is 29.5 Å². The normalized spacial score (nSPS) is 14.7. The van der Waals surface area contributed by atoms with Gasteiger partial charge in [-0.15, -0.1) is 0 Å². The Balaban J connectivity index is 1.54. The fourth-order valence-corrected chi connectivity index (χ4v) is 4.70. The minimum atomic E-state index is -0.813. The summed E-state index contributed by atoms with van der Waals surface area (Å²) in [7, 11) is 3.19. The average molecular weight is 464 g/mol. The van der Waals surface area contributed by atoms with Gasteiger partial charge >= 0.3 is 0 Å². The van der Waals surface area contributed by atoms with E-state index in [0.29, 0.717) is 33.6 Å². The second kappa shape index (κ2) is 8.95. The molecule has 4 aromatic rings. The molecule has 0 saturated carbocycles. The molecule has 0 spiro atoms. The number of nitrogens with zero attached hydrogens (tertiary/aromatic N) is 3. The predicted octanol–water partition coefficient (Wildman–Crippen LogP) is 4.08. The van der Waals surface area contributed by atoms with Crippen molar-refractivity contribution in [3.8, 4) is 23.0 Å². The third-order valence-electron chi connectivity index (χ3n) is 5.24. The van der Waals surface area contributed by atoms with Crippen LogP contribution in [0.4, 0.5) is 5.13 Å². The summed E-state index contributed by atoms with van der Waals surface area (Å²) < 4.78 is 23.6. The summed E-state index contributed by atoms with van der Waals surface area (Å²) in [6, 6.07) is 14.7. The van der Waals surface area contributed by atoms with Crippen LogP contribution in [0.5, 0.6) is 23.0 Å². The summed E-state index contributed by atoms with van der Waals surface area (Å²) in [4.78, 5) is 24.2. The quantitative estimate of drug-likeness (QED) is 0.426. The average Bonchev–Trinajstić information content (AvgIpc) is 3.32. The van der Waals surface area contributed by atoms with E-state index in [9.17, 15) is 4.79 Å². The molecular formula is C24H21N3O5S. The Morgan fingerprint density at radius 1 is 1.09 bits per heavy atom. The van der Waals surface area contributed by atoms with E-state index in [1.165, 1.54) is 11.3 Å². The Morgan fingerprint density at radius 2 is 1.88 bits per heavy atom. The number of pyridine rings is 1. The van der Waals surface area contributed by atoms with E-state index in [4.69, 9.17) is 23.9 Å². The maximum absolute atomic E-state index is 13.7. The van der Waals surface area contributed by atoms with Crippen LogP contribution in [0.15, 0.2) is 60.9 Å². The predicted molar refractivity (Wildman–Crippen MR) is 125 cm³/mol. The van der Waals surface area contributed by atoms with Gasteiger partial charge in [0, 0.05) is 12.4 Å². The zero-order valence-corrected chi connectivity index (χ0v) is 18.9. The molecule has 0 saturated heterocycles. The van der Waals surface area contributed by atoms with E-state index in [0.717, 1.165) is 10.3 Å². The van der Waals surface area contributed by atoms with Crippen LogP contribution in [-0.4, -0.2) is 42.8 Å². The van der Waals surface area contributed by atoms with Crippen molar-refractivity contribution in [2.24, 2.45) is 0 Å². The first-order valence-electron chi connectivity index (χ1n) is 10.3. The summed E-state index contributed by atoms with van der Waals surface area (Å²) in [6.45, 7) is 0.384. The molecule has 9 heteroatoms. The van der Waals surface area contributed by atoms with E-state index in [-0.39, 0.29) is 19.1 Å². The molecule has 1 amide bonds. The van der Waals surface area contributed by atoms with Crippen molar-refractivity contribution in [1.29, 1.82) is 0 Å². The zero-order valence-electron chi connectivity index (χ0n) is 18.1. The number of anilines is 1. The third-order valence-corrected chi connectivity index (χ3v) is 6.34. The smallest absolute Gasteiger partial charge is 0.273 e. The van der Waals surface area contributed by atoms with Gasteiger partial charge in [0.25, 0.3) is 5.91 Å². The molecule has 2 aromatic carbocycles. The van der Waals surface area contributed by atoms with Gasteiger partial charge < -0.3 is 18.9 Å². The van der Waals surface area contributed by atoms with E-state index in [1.807, 2.05) is 36.4 Å². The molecular weight excluding hydrogens is 442 g/mol. The number of fused-ring (bicyclic) bond motifs is 2. The van der Waals surface area contributed by atoms with Crippen LogP contribution < -0.4 is 23.8 Å². The van der Waals surface area contributed by atoms with Crippen LogP contribution >= 0.6 is 11.3 Å². The number of methoxy groups -OCH3 is 2. The largest absolute Gasteiger partial charge is 0.495 e. The van der Waals surface area contributed by atoms with Crippen LogP contribution in [-0.2, 0) is 11.3 Å². The van der Waals surface area contributed by atoms with E-state index in [2.05, 4.69) is 4.98 Å². The summed E-state index contributed by atoms with van der Waals surface area (Å²) in [5, 5.41) is 0.504. The van der Waals surface area contributed by atoms with Gasteiger partial charge in [0.2, 0.25) is 6.10 Å². The molecule has 0 radical (unpaired) electrons. The minimum Gasteiger partial charge on any atom is -0.495 e. The number of aromatic nitrogens is 2. The summed E-state index contributed by atoms with van der Waals surface area (Å²) in [6.07, 6.45) is 2.60. The molecule has 168 valence electrons. The number of carbonyl (C=O) groups is 1. The molecule has 0 N–H and O–H groups in total. The van der Waals surface area contributed by atoms with Gasteiger partial charge in [0.1, 0.15) is 28.3 Å². The van der Waals surface area contributed by atoms with Gasteiger partial charge in [0.15, 0.2) is 16.6 Å². The topological polar surface area (TPSA) is 83.0 Å². The number of thiazole rings is 1. The van der Waals surface area contributed by atoms with Crippen molar-refractivity contribution in [2.45, 2.75) is 12.6 Å². The Morgan fingerprint density at radius 3 is 2.64 bits per heavy atom. The molecule has 1 aliphatic heterocycles. The highest BCUT2D eigenvalue weighted by Gasteiger charge is 2.34. The van der Waals surface area contributed by atoms with Gasteiger partial charge in [-0.05, 0) is 35.9 Å². The van der Waals surface area contributed by atoms with Crippen molar-refractivity contribution < 1.29 is 23.7 Å². The Labute approximate surface area is 194 Å². The monoisotopic (exact) mass is 463 g/mol. The SMILES string of the molecule is COc1ccc(OC)c2sc(N(Cc3cccnc3)C(=O)[C@H]3COc4ccccc4O3)nc12. The van der Waals surface area contributed by atoms with Crippen molar-refractivity contribution in [2.75, 3.05) is 25.7 Å². The Hall–Kier alpha value is -3.85. The maximum atomic E-state index is 13.7. The molecule has 3 heterocycles. The van der Waals surface area contributed by atoms with Gasteiger partial charge in [-0.2, -0.15) is 0 Å². The number of para-hydroxylation sites is 2. The number of ether oxygens (including phenoxy) is 4. The van der Waals surface area contributed by atoms with Gasteiger partial charge in [-0.3, -0.25) is 14.7 Å². The number of hydrogen-bond donors (Lipinski definition) is 0. The summed E-state index contributed by atoms with van der Waals surface area (Å²) in [5.74, 6) is 2.17. The van der Waals surface area contributed by atoms with E-state index < -0.39 is 6.10 Å². The Bertz CT molecular complexity index is 1250. The fraction of sp³-hybridized carbons (Fsp3) is 0.208. The molecule has 8 nitrogen and oxygen atoms in total. The lowest BCUT2D eigenvalue weighted by molar-refractivity contribution is -0.127. The molecule has 0 aliphatic carbocycles. The fourth-order valence-electron chi connectivity index (χ4n) is 3.62. The molecule has 33 heavy (non-hydrogen) atoms. The van der Waals surface area contributed by atoms with E-state index >= 15 is 0 Å². The highest BCUT2D eigenvalue weighted by Crippen LogP contribution is 2.41. The minimum absolute atomic E-state index is 0.108. The molecule has 0 bridgehead atoms. The first-order chi connectivity index (χ1) is 16.2. The van der Waals surface area contributed by atoms with Crippen molar-refractivity contribution in [1.82, 2.24) is 9.97 Å². The molecule has 1 aliphatic rings.